The molecule has 1 heteroatoms. The van der Waals surface area contributed by atoms with Gasteiger partial charge >= 0.3 is 0 Å². The molecule has 0 bridgehead atoms. The SMILES string of the molecule is CC.CC.Cc1cccc(Cc2ccc(CCCCc3ccccc3)c(C)n2)c1. The van der Waals surface area contributed by atoms with Crippen LogP contribution in [-0.2, 0) is 19.3 Å². The molecule has 3 rings (SSSR count). The molecule has 0 N–H and O–H groups in total. The summed E-state index contributed by atoms with van der Waals surface area (Å²) in [6.07, 6.45) is 5.65. The van der Waals surface area contributed by atoms with Crippen molar-refractivity contribution in [3.8, 4) is 0 Å². The van der Waals surface area contributed by atoms with Gasteiger partial charge in [-0.15, -0.1) is 0 Å². The topological polar surface area (TPSA) is 12.9 Å². The summed E-state index contributed by atoms with van der Waals surface area (Å²) in [6, 6.07) is 23.9. The average molecular weight is 390 g/mol. The number of aromatic nitrogens is 1. The fraction of sp³-hybridized carbons (Fsp3) is 0.393. The zero-order valence-electron chi connectivity index (χ0n) is 19.3. The van der Waals surface area contributed by atoms with Gasteiger partial charge in [-0.25, -0.2) is 0 Å². The maximum atomic E-state index is 4.83. The Morgan fingerprint density at radius 2 is 1.31 bits per heavy atom. The van der Waals surface area contributed by atoms with Crippen molar-refractivity contribution in [1.29, 1.82) is 0 Å². The number of aryl methyl sites for hydroxylation is 4. The van der Waals surface area contributed by atoms with E-state index in [-0.39, 0.29) is 0 Å². The third-order valence-corrected chi connectivity index (χ3v) is 4.73. The Kier molecular flexibility index (Phi) is 12.4. The lowest BCUT2D eigenvalue weighted by molar-refractivity contribution is 0.728. The number of benzene rings is 2. The van der Waals surface area contributed by atoms with Crippen LogP contribution < -0.4 is 0 Å². The zero-order valence-corrected chi connectivity index (χ0v) is 19.3. The number of hydrogen-bond donors (Lipinski definition) is 0. The van der Waals surface area contributed by atoms with Crippen molar-refractivity contribution in [3.05, 3.63) is 100 Å². The van der Waals surface area contributed by atoms with E-state index in [4.69, 9.17) is 4.98 Å². The van der Waals surface area contributed by atoms with Gasteiger partial charge in [0.15, 0.2) is 0 Å². The van der Waals surface area contributed by atoms with Crippen LogP contribution in [0.25, 0.3) is 0 Å². The lowest BCUT2D eigenvalue weighted by Gasteiger charge is -2.09. The molecule has 0 amide bonds. The van der Waals surface area contributed by atoms with Crippen LogP contribution in [0, 0.1) is 13.8 Å². The molecule has 2 aromatic carbocycles. The molecule has 1 nitrogen and oxygen atoms in total. The molecule has 0 unspecified atom stereocenters. The monoisotopic (exact) mass is 389 g/mol. The summed E-state index contributed by atoms with van der Waals surface area (Å²) < 4.78 is 0. The molecular formula is C28H39N. The van der Waals surface area contributed by atoms with E-state index in [1.54, 1.807) is 0 Å². The molecule has 0 atom stereocenters. The zero-order chi connectivity index (χ0) is 21.5. The van der Waals surface area contributed by atoms with Crippen molar-refractivity contribution in [3.63, 3.8) is 0 Å². The highest BCUT2D eigenvalue weighted by atomic mass is 14.7. The normalized spacial score (nSPS) is 9.72. The van der Waals surface area contributed by atoms with E-state index < -0.39 is 0 Å². The Balaban J connectivity index is 0.000000989. The largest absolute Gasteiger partial charge is 0.258 e. The van der Waals surface area contributed by atoms with Gasteiger partial charge in [0.25, 0.3) is 0 Å². The molecule has 0 saturated heterocycles. The van der Waals surface area contributed by atoms with E-state index in [1.165, 1.54) is 47.2 Å². The van der Waals surface area contributed by atoms with Gasteiger partial charge in [0, 0.05) is 17.8 Å². The van der Waals surface area contributed by atoms with Gasteiger partial charge in [-0.2, -0.15) is 0 Å². The molecule has 0 spiro atoms. The average Bonchev–Trinajstić information content (AvgIpc) is 2.76. The molecule has 1 aromatic heterocycles. The lowest BCUT2D eigenvalue weighted by atomic mass is 10.0. The van der Waals surface area contributed by atoms with Gasteiger partial charge in [0.1, 0.15) is 0 Å². The van der Waals surface area contributed by atoms with E-state index in [0.29, 0.717) is 0 Å². The molecule has 0 radical (unpaired) electrons. The Morgan fingerprint density at radius 3 is 1.97 bits per heavy atom. The number of pyridine rings is 1. The van der Waals surface area contributed by atoms with Crippen LogP contribution >= 0.6 is 0 Å². The van der Waals surface area contributed by atoms with Crippen LogP contribution in [-0.4, -0.2) is 4.98 Å². The maximum Gasteiger partial charge on any atom is 0.0450 e. The fourth-order valence-electron chi connectivity index (χ4n) is 3.33. The summed E-state index contributed by atoms with van der Waals surface area (Å²) in [5, 5.41) is 0. The lowest BCUT2D eigenvalue weighted by Crippen LogP contribution is -1.99. The van der Waals surface area contributed by atoms with Crippen molar-refractivity contribution in [2.75, 3.05) is 0 Å². The van der Waals surface area contributed by atoms with E-state index in [9.17, 15) is 0 Å². The molecule has 156 valence electrons. The Labute approximate surface area is 179 Å². The van der Waals surface area contributed by atoms with Gasteiger partial charge in [0.05, 0.1) is 0 Å². The van der Waals surface area contributed by atoms with Gasteiger partial charge in [-0.1, -0.05) is 93.9 Å². The summed E-state index contributed by atoms with van der Waals surface area (Å²) in [5.74, 6) is 0. The minimum absolute atomic E-state index is 0.913. The first-order valence-corrected chi connectivity index (χ1v) is 11.3. The van der Waals surface area contributed by atoms with Gasteiger partial charge < -0.3 is 0 Å². The van der Waals surface area contributed by atoms with Gasteiger partial charge in [-0.3, -0.25) is 4.98 Å². The molecular weight excluding hydrogens is 350 g/mol. The first-order chi connectivity index (χ1) is 14.2. The highest BCUT2D eigenvalue weighted by molar-refractivity contribution is 5.29. The quantitative estimate of drug-likeness (QED) is 0.374. The number of hydrogen-bond acceptors (Lipinski definition) is 1. The molecule has 0 aliphatic rings. The van der Waals surface area contributed by atoms with E-state index in [1.807, 2.05) is 27.7 Å². The third-order valence-electron chi connectivity index (χ3n) is 4.73. The molecule has 0 aliphatic carbocycles. The predicted octanol–water partition coefficient (Wildman–Crippen LogP) is 7.91. The molecule has 0 aliphatic heterocycles. The van der Waals surface area contributed by atoms with Crippen molar-refractivity contribution < 1.29 is 0 Å². The van der Waals surface area contributed by atoms with Gasteiger partial charge in [-0.05, 0) is 62.3 Å². The second kappa shape index (κ2) is 14.6. The minimum atomic E-state index is 0.913. The standard InChI is InChI=1S/C24H27N.2C2H6/c1-19-9-8-13-22(17-19)18-24-16-15-23(20(2)25-24)14-7-6-12-21-10-4-3-5-11-21;2*1-2/h3-5,8-11,13,15-17H,6-7,12,14,18H2,1-2H3;2*1-2H3. The van der Waals surface area contributed by atoms with Crippen LogP contribution in [0.5, 0.6) is 0 Å². The summed E-state index contributed by atoms with van der Waals surface area (Å²) in [6.45, 7) is 12.3. The molecule has 29 heavy (non-hydrogen) atoms. The summed E-state index contributed by atoms with van der Waals surface area (Å²) in [7, 11) is 0. The Hall–Kier alpha value is -2.41. The Bertz CT molecular complexity index is 806. The smallest absolute Gasteiger partial charge is 0.0450 e. The van der Waals surface area contributed by atoms with E-state index >= 15 is 0 Å². The van der Waals surface area contributed by atoms with Crippen LogP contribution in [0.2, 0.25) is 0 Å². The maximum absolute atomic E-state index is 4.83. The van der Waals surface area contributed by atoms with Crippen LogP contribution in [0.1, 0.15) is 74.2 Å². The summed E-state index contributed by atoms with van der Waals surface area (Å²) in [5.41, 5.74) is 7.82. The van der Waals surface area contributed by atoms with Crippen molar-refractivity contribution in [2.45, 2.75) is 73.6 Å². The van der Waals surface area contributed by atoms with Crippen LogP contribution in [0.3, 0.4) is 0 Å². The molecule has 3 aromatic rings. The Morgan fingerprint density at radius 1 is 0.655 bits per heavy atom. The number of rotatable bonds is 7. The minimum Gasteiger partial charge on any atom is -0.258 e. The first kappa shape index (κ1) is 24.6. The second-order valence-electron chi connectivity index (χ2n) is 6.91. The summed E-state index contributed by atoms with van der Waals surface area (Å²) >= 11 is 0. The fourth-order valence-corrected chi connectivity index (χ4v) is 3.33. The number of nitrogens with zero attached hydrogens (tertiary/aromatic N) is 1. The molecule has 0 fully saturated rings. The van der Waals surface area contributed by atoms with Gasteiger partial charge in [0.2, 0.25) is 0 Å². The van der Waals surface area contributed by atoms with Crippen LogP contribution in [0.4, 0.5) is 0 Å². The van der Waals surface area contributed by atoms with Crippen molar-refractivity contribution in [1.82, 2.24) is 4.98 Å². The summed E-state index contributed by atoms with van der Waals surface area (Å²) in [4.78, 5) is 4.83. The molecule has 0 saturated carbocycles. The van der Waals surface area contributed by atoms with E-state index in [2.05, 4.69) is 80.6 Å². The predicted molar refractivity (Wildman–Crippen MR) is 129 cm³/mol. The second-order valence-corrected chi connectivity index (χ2v) is 6.91. The van der Waals surface area contributed by atoms with Crippen molar-refractivity contribution in [2.24, 2.45) is 0 Å². The van der Waals surface area contributed by atoms with Crippen molar-refractivity contribution >= 4 is 0 Å². The van der Waals surface area contributed by atoms with E-state index in [0.717, 1.165) is 18.5 Å². The highest BCUT2D eigenvalue weighted by Crippen LogP contribution is 2.15. The highest BCUT2D eigenvalue weighted by Gasteiger charge is 2.04. The third kappa shape index (κ3) is 9.09. The number of unbranched alkanes of at least 4 members (excludes halogenated alkanes) is 1. The van der Waals surface area contributed by atoms with Crippen LogP contribution in [0.15, 0.2) is 66.7 Å². The first-order valence-electron chi connectivity index (χ1n) is 11.3. The molecule has 1 heterocycles.